The van der Waals surface area contributed by atoms with Crippen molar-refractivity contribution in [3.05, 3.63) is 18.7 Å². The van der Waals surface area contributed by atoms with E-state index < -0.39 is 23.2 Å². The lowest BCUT2D eigenvalue weighted by molar-refractivity contribution is -0.192. The Bertz CT molecular complexity index is 864. The lowest BCUT2D eigenvalue weighted by atomic mass is 9.85. The van der Waals surface area contributed by atoms with Crippen LogP contribution in [0, 0.1) is 22.7 Å². The van der Waals surface area contributed by atoms with Crippen molar-refractivity contribution in [1.29, 1.82) is 5.26 Å². The van der Waals surface area contributed by atoms with Crippen LogP contribution in [0.2, 0.25) is 0 Å². The molecule has 12 heteroatoms. The van der Waals surface area contributed by atoms with E-state index in [1.807, 2.05) is 17.4 Å². The van der Waals surface area contributed by atoms with E-state index in [1.54, 1.807) is 6.20 Å². The van der Waals surface area contributed by atoms with E-state index in [4.69, 9.17) is 19.4 Å². The van der Waals surface area contributed by atoms with Gasteiger partial charge in [-0.1, -0.05) is 12.8 Å². The first-order valence-electron chi connectivity index (χ1n) is 10.8. The average molecular weight is 472 g/mol. The number of nitriles is 1. The highest BCUT2D eigenvalue weighted by atomic mass is 19.4. The molecule has 1 N–H and O–H groups in total. The van der Waals surface area contributed by atoms with Crippen LogP contribution >= 0.6 is 0 Å². The minimum atomic E-state index is -5.08. The highest BCUT2D eigenvalue weighted by Crippen LogP contribution is 2.41. The summed E-state index contributed by atoms with van der Waals surface area (Å²) < 4.78 is 45.8. The lowest BCUT2D eigenvalue weighted by Gasteiger charge is -2.34. The molecule has 4 rings (SSSR count). The number of alkyl halides is 3. The first-order valence-corrected chi connectivity index (χ1v) is 10.8. The Morgan fingerprint density at radius 3 is 2.58 bits per heavy atom. The van der Waals surface area contributed by atoms with Gasteiger partial charge in [-0.25, -0.2) is 9.78 Å². The van der Waals surface area contributed by atoms with Crippen molar-refractivity contribution in [2.75, 3.05) is 32.9 Å². The number of ether oxygens (including phenoxy) is 2. The lowest BCUT2D eigenvalue weighted by Crippen LogP contribution is -2.50. The number of carbonyl (C=O) groups excluding carboxylic acids is 1. The normalized spacial score (nSPS) is 26.8. The topological polar surface area (TPSA) is 118 Å². The van der Waals surface area contributed by atoms with Gasteiger partial charge in [0.2, 0.25) is 5.91 Å². The molecule has 2 saturated heterocycles. The van der Waals surface area contributed by atoms with Crippen LogP contribution in [0.1, 0.15) is 32.1 Å². The van der Waals surface area contributed by atoms with Gasteiger partial charge in [0.15, 0.2) is 0 Å². The number of nitrogens with zero attached hydrogens (tertiary/aromatic N) is 4. The molecule has 182 valence electrons. The summed E-state index contributed by atoms with van der Waals surface area (Å²) in [4.78, 5) is 28.0. The molecule has 33 heavy (non-hydrogen) atoms. The molecular formula is C21H27F3N4O5. The largest absolute Gasteiger partial charge is 0.490 e. The minimum Gasteiger partial charge on any atom is -0.475 e. The number of hydrogen-bond acceptors (Lipinski definition) is 6. The zero-order valence-corrected chi connectivity index (χ0v) is 18.1. The van der Waals surface area contributed by atoms with E-state index in [1.165, 1.54) is 0 Å². The summed E-state index contributed by atoms with van der Waals surface area (Å²) in [7, 11) is 0. The number of carboxylic acids is 1. The van der Waals surface area contributed by atoms with Crippen molar-refractivity contribution in [3.8, 4) is 6.07 Å². The number of amides is 1. The molecule has 0 radical (unpaired) electrons. The molecule has 2 aliphatic heterocycles. The second kappa shape index (κ2) is 10.1. The third-order valence-corrected chi connectivity index (χ3v) is 6.27. The number of imidazole rings is 1. The molecule has 3 aliphatic rings. The fraction of sp³-hybridized carbons (Fsp3) is 0.714. The monoisotopic (exact) mass is 472 g/mol. The Kier molecular flexibility index (Phi) is 7.64. The third kappa shape index (κ3) is 6.03. The van der Waals surface area contributed by atoms with Gasteiger partial charge < -0.3 is 24.0 Å². The summed E-state index contributed by atoms with van der Waals surface area (Å²) in [5.74, 6) is -2.41. The molecule has 0 bridgehead atoms. The number of carbonyl (C=O) groups is 2. The highest BCUT2D eigenvalue weighted by Gasteiger charge is 2.49. The Hall–Kier alpha value is -2.65. The van der Waals surface area contributed by atoms with E-state index in [2.05, 4.69) is 15.6 Å². The molecule has 9 nitrogen and oxygen atoms in total. The van der Waals surface area contributed by atoms with Gasteiger partial charge in [0.1, 0.15) is 11.0 Å². The van der Waals surface area contributed by atoms with Crippen molar-refractivity contribution in [2.24, 2.45) is 11.3 Å². The number of rotatable bonds is 3. The maximum absolute atomic E-state index is 13.2. The number of aromatic nitrogens is 2. The average Bonchev–Trinajstić information content (AvgIpc) is 3.50. The van der Waals surface area contributed by atoms with Crippen LogP contribution in [0.3, 0.4) is 0 Å². The van der Waals surface area contributed by atoms with Crippen LogP contribution < -0.4 is 0 Å². The zero-order valence-electron chi connectivity index (χ0n) is 18.1. The summed E-state index contributed by atoms with van der Waals surface area (Å²) in [6.07, 6.45) is 4.60. The second-order valence-corrected chi connectivity index (χ2v) is 8.81. The Labute approximate surface area is 189 Å². The van der Waals surface area contributed by atoms with E-state index in [-0.39, 0.29) is 5.91 Å². The van der Waals surface area contributed by atoms with E-state index in [0.717, 1.165) is 25.8 Å². The van der Waals surface area contributed by atoms with Crippen molar-refractivity contribution in [3.63, 3.8) is 0 Å². The van der Waals surface area contributed by atoms with Crippen molar-refractivity contribution in [1.82, 2.24) is 14.5 Å². The van der Waals surface area contributed by atoms with Gasteiger partial charge in [-0.05, 0) is 19.3 Å². The smallest absolute Gasteiger partial charge is 0.475 e. The van der Waals surface area contributed by atoms with E-state index >= 15 is 0 Å². The van der Waals surface area contributed by atoms with Crippen molar-refractivity contribution < 1.29 is 37.3 Å². The molecule has 1 amide bonds. The number of halogens is 3. The highest BCUT2D eigenvalue weighted by molar-refractivity contribution is 5.86. The van der Waals surface area contributed by atoms with Crippen LogP contribution in [0.15, 0.2) is 18.7 Å². The molecule has 1 spiro atoms. The number of hydrogen-bond donors (Lipinski definition) is 1. The zero-order chi connectivity index (χ0) is 24.1. The van der Waals surface area contributed by atoms with E-state index in [0.29, 0.717) is 51.7 Å². The van der Waals surface area contributed by atoms with Gasteiger partial charge in [0.05, 0.1) is 38.8 Å². The number of carboxylic acid groups (broad SMARTS) is 1. The molecular weight excluding hydrogens is 445 g/mol. The fourth-order valence-corrected chi connectivity index (χ4v) is 4.69. The van der Waals surface area contributed by atoms with E-state index in [9.17, 15) is 23.2 Å². The summed E-state index contributed by atoms with van der Waals surface area (Å²) in [6.45, 7) is 3.60. The van der Waals surface area contributed by atoms with Gasteiger partial charge in [-0.15, -0.1) is 0 Å². The molecule has 1 aliphatic carbocycles. The summed E-state index contributed by atoms with van der Waals surface area (Å²) in [6, 6.07) is 2.33. The predicted molar refractivity (Wildman–Crippen MR) is 107 cm³/mol. The van der Waals surface area contributed by atoms with Crippen LogP contribution in [-0.2, 0) is 25.6 Å². The standard InChI is InChI=1S/C19H26N4O3.C2HF3O2/c20-12-18(3-1-2-4-18)17(24)23-7-8-25-14-19(13-23)9-16(11-26-19)10-22-6-5-21-15-22;3-2(4,5)1(6)7/h5-6,15-16H,1-4,7-11,13-14H2;(H,6,7). The number of aliphatic carboxylic acids is 1. The molecule has 2 unspecified atom stereocenters. The molecule has 0 aromatic carbocycles. The molecule has 1 aromatic rings. The first kappa shape index (κ1) is 25.0. The summed E-state index contributed by atoms with van der Waals surface area (Å²) in [5.41, 5.74) is -1.28. The SMILES string of the molecule is N#CC1(C(=O)N2CCOCC3(CC(Cn4ccnc4)CO3)C2)CCCC1.O=C(O)C(F)(F)F. The maximum atomic E-state index is 13.2. The molecule has 3 fully saturated rings. The maximum Gasteiger partial charge on any atom is 0.490 e. The van der Waals surface area contributed by atoms with Gasteiger partial charge in [-0.3, -0.25) is 4.79 Å². The van der Waals surface area contributed by atoms with Crippen LogP contribution in [0.25, 0.3) is 0 Å². The Morgan fingerprint density at radius 2 is 2.00 bits per heavy atom. The molecule has 2 atom stereocenters. The molecule has 1 saturated carbocycles. The predicted octanol–water partition coefficient (Wildman–Crippen LogP) is 2.23. The second-order valence-electron chi connectivity index (χ2n) is 8.81. The van der Waals surface area contributed by atoms with Crippen molar-refractivity contribution in [2.45, 2.75) is 50.4 Å². The van der Waals surface area contributed by atoms with Crippen LogP contribution in [-0.4, -0.2) is 76.1 Å². The van der Waals surface area contributed by atoms with Gasteiger partial charge in [0, 0.05) is 31.4 Å². The molecule has 1 aromatic heterocycles. The summed E-state index contributed by atoms with van der Waals surface area (Å²) >= 11 is 0. The third-order valence-electron chi connectivity index (χ3n) is 6.27. The van der Waals surface area contributed by atoms with Gasteiger partial charge in [0.25, 0.3) is 0 Å². The quantitative estimate of drug-likeness (QED) is 0.717. The summed E-state index contributed by atoms with van der Waals surface area (Å²) in [5, 5.41) is 16.8. The van der Waals surface area contributed by atoms with Crippen LogP contribution in [0.4, 0.5) is 13.2 Å². The van der Waals surface area contributed by atoms with Crippen LogP contribution in [0.5, 0.6) is 0 Å². The molecule has 3 heterocycles. The van der Waals surface area contributed by atoms with Crippen molar-refractivity contribution >= 4 is 11.9 Å². The Morgan fingerprint density at radius 1 is 1.30 bits per heavy atom. The van der Waals surface area contributed by atoms with Gasteiger partial charge in [-0.2, -0.15) is 18.4 Å². The minimum absolute atomic E-state index is 0.0240. The first-order chi connectivity index (χ1) is 15.6. The Balaban J connectivity index is 0.000000383. The van der Waals surface area contributed by atoms with Gasteiger partial charge >= 0.3 is 12.1 Å². The fourth-order valence-electron chi connectivity index (χ4n) is 4.69.